The summed E-state index contributed by atoms with van der Waals surface area (Å²) < 4.78 is 23.4. The van der Waals surface area contributed by atoms with Crippen LogP contribution in [0.1, 0.15) is 18.2 Å². The first-order chi connectivity index (χ1) is 14.9. The first-order valence-electron chi connectivity index (χ1n) is 9.13. The van der Waals surface area contributed by atoms with Gasteiger partial charge in [-0.1, -0.05) is 0 Å². The molecule has 0 spiro atoms. The molecule has 1 aliphatic heterocycles. The van der Waals surface area contributed by atoms with Gasteiger partial charge in [-0.25, -0.2) is 19.2 Å². The van der Waals surface area contributed by atoms with Crippen LogP contribution in [0.25, 0.3) is 6.08 Å². The minimum absolute atomic E-state index is 0.0648. The third kappa shape index (κ3) is 4.36. The predicted octanol–water partition coefficient (Wildman–Crippen LogP) is 4.32. The number of hydrogen-bond donors (Lipinski definition) is 0. The summed E-state index contributed by atoms with van der Waals surface area (Å²) in [5.74, 6) is -0.476. The summed E-state index contributed by atoms with van der Waals surface area (Å²) in [4.78, 5) is 34.5. The zero-order chi connectivity index (χ0) is 22.0. The predicted molar refractivity (Wildman–Crippen MR) is 115 cm³/mol. The van der Waals surface area contributed by atoms with Gasteiger partial charge in [0.15, 0.2) is 10.8 Å². The Kier molecular flexibility index (Phi) is 5.59. The number of hydrogen-bond acceptors (Lipinski definition) is 7. The Morgan fingerprint density at radius 2 is 1.87 bits per heavy atom. The summed E-state index contributed by atoms with van der Waals surface area (Å²) in [6.07, 6.45) is 1.48. The normalized spacial score (nSPS) is 14.4. The van der Waals surface area contributed by atoms with Gasteiger partial charge in [0.05, 0.1) is 18.5 Å². The highest BCUT2D eigenvalue weighted by atomic mass is 32.1. The van der Waals surface area contributed by atoms with Crippen LogP contribution < -0.4 is 9.64 Å². The number of aliphatic imine (C=N–C) groups is 1. The molecule has 0 unspecified atom stereocenters. The molecule has 0 N–H and O–H groups in total. The molecule has 0 saturated heterocycles. The number of halogens is 1. The lowest BCUT2D eigenvalue weighted by atomic mass is 10.2. The Morgan fingerprint density at radius 3 is 2.52 bits per heavy atom. The fourth-order valence-electron chi connectivity index (χ4n) is 2.87. The largest absolute Gasteiger partial charge is 0.497 e. The van der Waals surface area contributed by atoms with Gasteiger partial charge in [0.25, 0.3) is 0 Å². The van der Waals surface area contributed by atoms with Crippen molar-refractivity contribution in [3.8, 4) is 5.75 Å². The number of carbonyl (C=O) groups excluding carboxylic acids is 2. The summed E-state index contributed by atoms with van der Waals surface area (Å²) in [6, 6.07) is 12.5. The van der Waals surface area contributed by atoms with Crippen molar-refractivity contribution in [3.63, 3.8) is 0 Å². The van der Waals surface area contributed by atoms with Gasteiger partial charge in [-0.3, -0.25) is 9.69 Å². The average molecular weight is 437 g/mol. The SMILES string of the molecule is COc1ccc(N(C(C)=O)c2nc(C=C3N=C(c4ccc(F)cc4)OC3=O)cs2)cc1. The molecule has 1 aliphatic rings. The van der Waals surface area contributed by atoms with Crippen LogP contribution in [-0.4, -0.2) is 29.9 Å². The van der Waals surface area contributed by atoms with Gasteiger partial charge in [0.1, 0.15) is 11.6 Å². The molecule has 7 nitrogen and oxygen atoms in total. The fourth-order valence-corrected chi connectivity index (χ4v) is 3.71. The van der Waals surface area contributed by atoms with Crippen molar-refractivity contribution < 1.29 is 23.5 Å². The topological polar surface area (TPSA) is 81.1 Å². The Bertz CT molecular complexity index is 1200. The minimum atomic E-state index is -0.632. The molecule has 2 aromatic carbocycles. The lowest BCUT2D eigenvalue weighted by Crippen LogP contribution is -2.22. The lowest BCUT2D eigenvalue weighted by molar-refractivity contribution is -0.130. The monoisotopic (exact) mass is 437 g/mol. The molecule has 31 heavy (non-hydrogen) atoms. The summed E-state index contributed by atoms with van der Waals surface area (Å²) >= 11 is 1.25. The van der Waals surface area contributed by atoms with Crippen molar-refractivity contribution in [1.29, 1.82) is 0 Å². The molecule has 0 fully saturated rings. The van der Waals surface area contributed by atoms with Gasteiger partial charge < -0.3 is 9.47 Å². The van der Waals surface area contributed by atoms with Crippen molar-refractivity contribution >= 4 is 46.0 Å². The highest BCUT2D eigenvalue weighted by Crippen LogP contribution is 2.31. The maximum atomic E-state index is 13.1. The maximum Gasteiger partial charge on any atom is 0.363 e. The summed E-state index contributed by atoms with van der Waals surface area (Å²) in [5, 5.41) is 2.15. The first-order valence-corrected chi connectivity index (χ1v) is 10.0. The second-order valence-electron chi connectivity index (χ2n) is 6.45. The minimum Gasteiger partial charge on any atom is -0.497 e. The van der Waals surface area contributed by atoms with Crippen LogP contribution in [-0.2, 0) is 14.3 Å². The van der Waals surface area contributed by atoms with Gasteiger partial charge in [0.2, 0.25) is 11.8 Å². The maximum absolute atomic E-state index is 13.1. The van der Waals surface area contributed by atoms with Crippen LogP contribution in [0.4, 0.5) is 15.2 Å². The first kappa shape index (κ1) is 20.4. The standard InChI is InChI=1S/C22H16FN3O4S/c1-13(27)26(17-7-9-18(29-2)10-8-17)22-24-16(12-31-22)11-19-21(28)30-20(25-19)14-3-5-15(23)6-4-14/h3-12H,1-2H3. The fraction of sp³-hybridized carbons (Fsp3) is 0.0909. The second-order valence-corrected chi connectivity index (χ2v) is 7.29. The van der Waals surface area contributed by atoms with Crippen molar-refractivity contribution in [3.05, 3.63) is 76.7 Å². The molecule has 0 aliphatic carbocycles. The quantitative estimate of drug-likeness (QED) is 0.439. The Hall–Kier alpha value is -3.85. The average Bonchev–Trinajstić information content (AvgIpc) is 3.36. The van der Waals surface area contributed by atoms with E-state index in [4.69, 9.17) is 9.47 Å². The van der Waals surface area contributed by atoms with Gasteiger partial charge in [0, 0.05) is 17.9 Å². The molecule has 0 saturated carbocycles. The Morgan fingerprint density at radius 1 is 1.16 bits per heavy atom. The van der Waals surface area contributed by atoms with Crippen LogP contribution in [0.3, 0.4) is 0 Å². The second kappa shape index (κ2) is 8.49. The van der Waals surface area contributed by atoms with E-state index in [9.17, 15) is 14.0 Å². The summed E-state index contributed by atoms with van der Waals surface area (Å²) in [7, 11) is 1.57. The van der Waals surface area contributed by atoms with E-state index in [1.807, 2.05) is 0 Å². The van der Waals surface area contributed by atoms with E-state index in [1.165, 1.54) is 53.5 Å². The number of benzene rings is 2. The smallest absolute Gasteiger partial charge is 0.363 e. The van der Waals surface area contributed by atoms with Crippen molar-refractivity contribution in [2.75, 3.05) is 12.0 Å². The number of carbonyl (C=O) groups is 2. The number of thiazole rings is 1. The number of rotatable bonds is 5. The Labute approximate surface area is 181 Å². The molecule has 0 radical (unpaired) electrons. The molecule has 0 atom stereocenters. The third-order valence-electron chi connectivity index (χ3n) is 4.34. The molecule has 0 bridgehead atoms. The van der Waals surface area contributed by atoms with Crippen molar-refractivity contribution in [1.82, 2.24) is 4.98 Å². The Balaban J connectivity index is 1.61. The van der Waals surface area contributed by atoms with E-state index in [-0.39, 0.29) is 17.5 Å². The lowest BCUT2D eigenvalue weighted by Gasteiger charge is -2.18. The molecule has 1 aromatic heterocycles. The molecule has 9 heteroatoms. The number of esters is 1. The number of methoxy groups -OCH3 is 1. The van der Waals surface area contributed by atoms with Gasteiger partial charge >= 0.3 is 5.97 Å². The van der Waals surface area contributed by atoms with E-state index in [0.29, 0.717) is 27.8 Å². The number of aromatic nitrogens is 1. The van der Waals surface area contributed by atoms with Crippen LogP contribution in [0.2, 0.25) is 0 Å². The van der Waals surface area contributed by atoms with Crippen LogP contribution in [0, 0.1) is 5.82 Å². The van der Waals surface area contributed by atoms with E-state index < -0.39 is 11.8 Å². The highest BCUT2D eigenvalue weighted by Gasteiger charge is 2.25. The molecular formula is C22H16FN3O4S. The number of cyclic esters (lactones) is 1. The molecule has 1 amide bonds. The van der Waals surface area contributed by atoms with Crippen LogP contribution >= 0.6 is 11.3 Å². The number of nitrogens with zero attached hydrogens (tertiary/aromatic N) is 3. The van der Waals surface area contributed by atoms with Crippen molar-refractivity contribution in [2.24, 2.45) is 4.99 Å². The van der Waals surface area contributed by atoms with Gasteiger partial charge in [-0.05, 0) is 54.6 Å². The zero-order valence-electron chi connectivity index (χ0n) is 16.5. The zero-order valence-corrected chi connectivity index (χ0v) is 17.4. The number of amides is 1. The molecule has 4 rings (SSSR count). The molecule has 3 aromatic rings. The van der Waals surface area contributed by atoms with Crippen LogP contribution in [0.5, 0.6) is 5.75 Å². The highest BCUT2D eigenvalue weighted by molar-refractivity contribution is 7.14. The number of anilines is 2. The van der Waals surface area contributed by atoms with Gasteiger partial charge in [-0.15, -0.1) is 11.3 Å². The summed E-state index contributed by atoms with van der Waals surface area (Å²) in [5.41, 5.74) is 1.64. The van der Waals surface area contributed by atoms with Crippen molar-refractivity contribution in [2.45, 2.75) is 6.92 Å². The van der Waals surface area contributed by atoms with Crippen LogP contribution in [0.15, 0.2) is 64.6 Å². The number of ether oxygens (including phenoxy) is 2. The summed E-state index contributed by atoms with van der Waals surface area (Å²) in [6.45, 7) is 1.44. The van der Waals surface area contributed by atoms with E-state index in [2.05, 4.69) is 9.98 Å². The van der Waals surface area contributed by atoms with E-state index in [1.54, 1.807) is 36.8 Å². The van der Waals surface area contributed by atoms with Gasteiger partial charge in [-0.2, -0.15) is 0 Å². The molecular weight excluding hydrogens is 421 g/mol. The van der Waals surface area contributed by atoms with E-state index >= 15 is 0 Å². The molecule has 156 valence electrons. The third-order valence-corrected chi connectivity index (χ3v) is 5.19. The van der Waals surface area contributed by atoms with E-state index in [0.717, 1.165) is 0 Å². The molecule has 2 heterocycles.